The van der Waals surface area contributed by atoms with Gasteiger partial charge in [0.05, 0.1) is 12.6 Å². The topological polar surface area (TPSA) is 40.6 Å². The molecule has 0 N–H and O–H groups in total. The van der Waals surface area contributed by atoms with Crippen LogP contribution in [0.4, 0.5) is 0 Å². The third kappa shape index (κ3) is 5.13. The Morgan fingerprint density at radius 2 is 1.93 bits per heavy atom. The molecule has 1 aliphatic rings. The minimum absolute atomic E-state index is 0.00471. The van der Waals surface area contributed by atoms with Crippen molar-refractivity contribution in [2.45, 2.75) is 38.6 Å². The van der Waals surface area contributed by atoms with Gasteiger partial charge in [-0.05, 0) is 54.0 Å². The number of carbonyl (C=O) groups excluding carboxylic acids is 2. The van der Waals surface area contributed by atoms with Crippen molar-refractivity contribution in [2.24, 2.45) is 5.92 Å². The summed E-state index contributed by atoms with van der Waals surface area (Å²) in [6, 6.07) is 7.11. The Labute approximate surface area is 196 Å². The minimum atomic E-state index is -0.678. The lowest BCUT2D eigenvalue weighted by Crippen LogP contribution is -2.48. The number of hydrogen-bond acceptors (Lipinski definition) is 3. The second kappa shape index (κ2) is 9.90. The Hall–Kier alpha value is -1.27. The van der Waals surface area contributed by atoms with E-state index < -0.39 is 5.38 Å². The standard InChI is InChI=1S/C22H25Cl3N2O2S/c1-13(2)11-26(22(29)14(3)23)12-20(28)27-8-6-19-17(7-9-30-19)21(27)16-5-4-15(24)10-18(16)25/h4-5,7,9-10,13-14,21H,6,8,11-12H2,1-3H3. The molecule has 0 radical (unpaired) electrons. The highest BCUT2D eigenvalue weighted by atomic mass is 35.5. The van der Waals surface area contributed by atoms with Gasteiger partial charge in [-0.2, -0.15) is 0 Å². The van der Waals surface area contributed by atoms with Crippen molar-refractivity contribution < 1.29 is 9.59 Å². The van der Waals surface area contributed by atoms with Crippen LogP contribution in [0.3, 0.4) is 0 Å². The predicted octanol–water partition coefficient (Wildman–Crippen LogP) is 5.64. The van der Waals surface area contributed by atoms with E-state index in [2.05, 4.69) is 0 Å². The largest absolute Gasteiger partial charge is 0.332 e. The maximum atomic E-state index is 13.4. The van der Waals surface area contributed by atoms with E-state index in [0.29, 0.717) is 23.1 Å². The zero-order chi connectivity index (χ0) is 22.0. The third-order valence-electron chi connectivity index (χ3n) is 5.11. The van der Waals surface area contributed by atoms with Gasteiger partial charge in [0.2, 0.25) is 11.8 Å². The molecule has 0 spiro atoms. The number of hydrogen-bond donors (Lipinski definition) is 0. The van der Waals surface area contributed by atoms with Gasteiger partial charge < -0.3 is 9.80 Å². The van der Waals surface area contributed by atoms with Crippen LogP contribution in [0.25, 0.3) is 0 Å². The van der Waals surface area contributed by atoms with Crippen molar-refractivity contribution in [3.63, 3.8) is 0 Å². The van der Waals surface area contributed by atoms with Crippen LogP contribution in [-0.2, 0) is 16.0 Å². The van der Waals surface area contributed by atoms with Gasteiger partial charge in [-0.1, -0.05) is 43.1 Å². The quantitative estimate of drug-likeness (QED) is 0.495. The zero-order valence-electron chi connectivity index (χ0n) is 17.2. The smallest absolute Gasteiger partial charge is 0.242 e. The first-order valence-corrected chi connectivity index (χ1v) is 12.0. The summed E-state index contributed by atoms with van der Waals surface area (Å²) in [6.07, 6.45) is 0.782. The molecule has 0 aliphatic carbocycles. The van der Waals surface area contributed by atoms with Crippen LogP contribution in [0.5, 0.6) is 0 Å². The summed E-state index contributed by atoms with van der Waals surface area (Å²) < 4.78 is 0. The highest BCUT2D eigenvalue weighted by Crippen LogP contribution is 2.41. The van der Waals surface area contributed by atoms with Gasteiger partial charge in [-0.15, -0.1) is 22.9 Å². The van der Waals surface area contributed by atoms with Crippen molar-refractivity contribution >= 4 is 58.0 Å². The second-order valence-corrected chi connectivity index (χ2v) is 10.4. The molecule has 1 aromatic carbocycles. The Morgan fingerprint density at radius 3 is 2.57 bits per heavy atom. The van der Waals surface area contributed by atoms with Gasteiger partial charge in [0.25, 0.3) is 0 Å². The molecule has 1 aliphatic heterocycles. The summed E-state index contributed by atoms with van der Waals surface area (Å²) in [5.41, 5.74) is 1.91. The van der Waals surface area contributed by atoms with Crippen molar-refractivity contribution in [1.29, 1.82) is 0 Å². The van der Waals surface area contributed by atoms with E-state index in [1.165, 1.54) is 4.88 Å². The van der Waals surface area contributed by atoms with E-state index in [0.717, 1.165) is 17.5 Å². The summed E-state index contributed by atoms with van der Waals surface area (Å²) >= 11 is 20.4. The fraction of sp³-hybridized carbons (Fsp3) is 0.455. The van der Waals surface area contributed by atoms with Gasteiger partial charge in [0.15, 0.2) is 0 Å². The van der Waals surface area contributed by atoms with Crippen molar-refractivity contribution in [3.05, 3.63) is 55.7 Å². The number of amides is 2. The lowest BCUT2D eigenvalue weighted by atomic mass is 9.93. The molecule has 8 heteroatoms. The number of rotatable bonds is 6. The molecule has 1 aromatic heterocycles. The molecule has 2 heterocycles. The van der Waals surface area contributed by atoms with Crippen LogP contribution in [0.2, 0.25) is 10.0 Å². The van der Waals surface area contributed by atoms with Crippen LogP contribution in [0.15, 0.2) is 29.6 Å². The molecule has 4 nitrogen and oxygen atoms in total. The summed E-state index contributed by atoms with van der Waals surface area (Å²) in [5.74, 6) is -0.120. The minimum Gasteiger partial charge on any atom is -0.332 e. The molecule has 0 saturated carbocycles. The van der Waals surface area contributed by atoms with E-state index >= 15 is 0 Å². The lowest BCUT2D eigenvalue weighted by Gasteiger charge is -2.38. The normalized spacial score (nSPS) is 17.0. The van der Waals surface area contributed by atoms with Crippen LogP contribution < -0.4 is 0 Å². The Bertz CT molecular complexity index is 929. The molecule has 2 atom stereocenters. The van der Waals surface area contributed by atoms with E-state index in [1.54, 1.807) is 35.3 Å². The highest BCUT2D eigenvalue weighted by molar-refractivity contribution is 7.10. The fourth-order valence-corrected chi connectivity index (χ4v) is 5.38. The molecule has 0 saturated heterocycles. The van der Waals surface area contributed by atoms with Crippen LogP contribution in [0.1, 0.15) is 42.8 Å². The number of thiophene rings is 1. The van der Waals surface area contributed by atoms with Gasteiger partial charge in [0.1, 0.15) is 5.38 Å². The fourth-order valence-electron chi connectivity index (χ4n) is 3.82. The summed E-state index contributed by atoms with van der Waals surface area (Å²) in [7, 11) is 0. The van der Waals surface area contributed by atoms with Gasteiger partial charge in [-0.3, -0.25) is 9.59 Å². The molecule has 0 bridgehead atoms. The molecule has 3 rings (SSSR count). The number of alkyl halides is 1. The Morgan fingerprint density at radius 1 is 1.20 bits per heavy atom. The van der Waals surface area contributed by atoms with E-state index in [4.69, 9.17) is 34.8 Å². The molecule has 2 amide bonds. The molecular weight excluding hydrogens is 463 g/mol. The summed E-state index contributed by atoms with van der Waals surface area (Å²) in [5, 5.41) is 2.43. The van der Waals surface area contributed by atoms with Gasteiger partial charge in [-0.25, -0.2) is 0 Å². The summed E-state index contributed by atoms with van der Waals surface area (Å²) in [4.78, 5) is 30.7. The molecular formula is C22H25Cl3N2O2S. The average molecular weight is 488 g/mol. The number of fused-ring (bicyclic) bond motifs is 1. The lowest BCUT2D eigenvalue weighted by molar-refractivity contribution is -0.141. The number of benzene rings is 1. The van der Waals surface area contributed by atoms with Crippen molar-refractivity contribution in [2.75, 3.05) is 19.6 Å². The Kier molecular flexibility index (Phi) is 7.72. The SMILES string of the molecule is CC(C)CN(CC(=O)N1CCc2sccc2C1c1ccc(Cl)cc1Cl)C(=O)C(C)Cl. The highest BCUT2D eigenvalue weighted by Gasteiger charge is 2.35. The van der Waals surface area contributed by atoms with Crippen LogP contribution >= 0.6 is 46.1 Å². The maximum absolute atomic E-state index is 13.4. The predicted molar refractivity (Wildman–Crippen MR) is 125 cm³/mol. The van der Waals surface area contributed by atoms with Crippen molar-refractivity contribution in [3.8, 4) is 0 Å². The third-order valence-corrected chi connectivity index (χ3v) is 6.85. The monoisotopic (exact) mass is 486 g/mol. The maximum Gasteiger partial charge on any atom is 0.242 e. The van der Waals surface area contributed by atoms with Crippen molar-refractivity contribution in [1.82, 2.24) is 9.80 Å². The van der Waals surface area contributed by atoms with Gasteiger partial charge in [0, 0.05) is 28.0 Å². The number of nitrogens with zero attached hydrogens (tertiary/aromatic N) is 2. The first kappa shape index (κ1) is 23.4. The molecule has 0 fully saturated rings. The van der Waals surface area contributed by atoms with E-state index in [-0.39, 0.29) is 30.3 Å². The first-order valence-electron chi connectivity index (χ1n) is 9.92. The first-order chi connectivity index (χ1) is 14.2. The van der Waals surface area contributed by atoms with E-state index in [1.807, 2.05) is 36.3 Å². The van der Waals surface area contributed by atoms with Crippen LogP contribution in [-0.4, -0.2) is 46.6 Å². The second-order valence-electron chi connectivity index (χ2n) is 7.93. The summed E-state index contributed by atoms with van der Waals surface area (Å²) in [6.45, 7) is 6.70. The molecule has 2 aromatic rings. The molecule has 30 heavy (non-hydrogen) atoms. The van der Waals surface area contributed by atoms with Gasteiger partial charge >= 0.3 is 0 Å². The molecule has 162 valence electrons. The molecule has 2 unspecified atom stereocenters. The Balaban J connectivity index is 1.94. The number of halogens is 3. The number of carbonyl (C=O) groups is 2. The van der Waals surface area contributed by atoms with E-state index in [9.17, 15) is 9.59 Å². The van der Waals surface area contributed by atoms with Crippen LogP contribution in [0, 0.1) is 5.92 Å². The zero-order valence-corrected chi connectivity index (χ0v) is 20.3. The average Bonchev–Trinajstić information content (AvgIpc) is 3.14.